The Balaban J connectivity index is 1.39. The second kappa shape index (κ2) is 15.7. The third-order valence-electron chi connectivity index (χ3n) is 11.5. The maximum absolute atomic E-state index is 11.8. The molecule has 0 spiro atoms. The molecule has 6 aromatic carbocycles. The molecule has 0 aliphatic carbocycles. The maximum atomic E-state index is 11.8. The van der Waals surface area contributed by atoms with Gasteiger partial charge in [-0.15, -0.1) is 0 Å². The van der Waals surface area contributed by atoms with Crippen LogP contribution in [0.15, 0.2) is 128 Å². The van der Waals surface area contributed by atoms with Crippen molar-refractivity contribution in [3.05, 3.63) is 166 Å². The lowest BCUT2D eigenvalue weighted by Crippen LogP contribution is -2.11. The van der Waals surface area contributed by atoms with Crippen molar-refractivity contribution in [2.75, 3.05) is 0 Å². The van der Waals surface area contributed by atoms with E-state index in [4.69, 9.17) is 19.6 Å². The summed E-state index contributed by atoms with van der Waals surface area (Å²) in [5.74, 6) is -0.392. The number of aryl methyl sites for hydroxylation is 4. The number of hydrogen-bond acceptors (Lipinski definition) is 3. The molecule has 0 fully saturated rings. The Kier molecular flexibility index (Phi) is 8.54. The molecule has 0 saturated heterocycles. The Morgan fingerprint density at radius 1 is 0.650 bits per heavy atom. The van der Waals surface area contributed by atoms with E-state index in [0.717, 1.165) is 61.3 Å². The molecule has 2 aromatic heterocycles. The van der Waals surface area contributed by atoms with E-state index in [1.807, 2.05) is 111 Å². The van der Waals surface area contributed by atoms with Gasteiger partial charge in [0.2, 0.25) is 0 Å². The van der Waals surface area contributed by atoms with E-state index in [2.05, 4.69) is 58.9 Å². The summed E-state index contributed by atoms with van der Waals surface area (Å²) in [6.07, 6.45) is 1.76. The van der Waals surface area contributed by atoms with Crippen molar-refractivity contribution in [1.82, 2.24) is 14.5 Å². The van der Waals surface area contributed by atoms with Crippen molar-refractivity contribution in [2.45, 2.75) is 93.2 Å². The van der Waals surface area contributed by atoms with Crippen molar-refractivity contribution in [3.63, 3.8) is 0 Å². The van der Waals surface area contributed by atoms with E-state index in [-0.39, 0.29) is 28.2 Å². The number of pyridine rings is 1. The number of rotatable bonds is 8. The zero-order chi connectivity index (χ0) is 48.5. The molecule has 302 valence electrons. The molecule has 4 heteroatoms. The van der Waals surface area contributed by atoms with Crippen LogP contribution in [0, 0.1) is 27.6 Å². The van der Waals surface area contributed by atoms with Gasteiger partial charge < -0.3 is 5.11 Å². The van der Waals surface area contributed by atoms with Gasteiger partial charge in [-0.3, -0.25) is 9.55 Å². The fourth-order valence-corrected chi connectivity index (χ4v) is 8.36. The summed E-state index contributed by atoms with van der Waals surface area (Å²) in [6, 6.07) is 38.5. The van der Waals surface area contributed by atoms with Gasteiger partial charge in [0.05, 0.1) is 28.0 Å². The number of fused-ring (bicyclic) bond motifs is 1. The summed E-state index contributed by atoms with van der Waals surface area (Å²) >= 11 is 0. The number of para-hydroxylation sites is 1. The van der Waals surface area contributed by atoms with E-state index >= 15 is 0 Å². The van der Waals surface area contributed by atoms with Crippen molar-refractivity contribution < 1.29 is 14.7 Å². The largest absolute Gasteiger partial charge is 0.507 e. The third kappa shape index (κ3) is 7.56. The Bertz CT molecular complexity index is 3180. The van der Waals surface area contributed by atoms with Gasteiger partial charge in [-0.1, -0.05) is 127 Å². The van der Waals surface area contributed by atoms with E-state index in [0.29, 0.717) is 39.2 Å². The van der Waals surface area contributed by atoms with E-state index < -0.39 is 19.6 Å². The maximum Gasteiger partial charge on any atom is 0.149 e. The summed E-state index contributed by atoms with van der Waals surface area (Å²) < 4.78 is 61.6. The van der Waals surface area contributed by atoms with Crippen molar-refractivity contribution in [2.24, 2.45) is 0 Å². The third-order valence-corrected chi connectivity index (χ3v) is 11.5. The topological polar surface area (TPSA) is 50.9 Å². The highest BCUT2D eigenvalue weighted by molar-refractivity contribution is 5.97. The Morgan fingerprint density at radius 2 is 1.38 bits per heavy atom. The summed E-state index contributed by atoms with van der Waals surface area (Å²) in [5.41, 5.74) is 13.4. The van der Waals surface area contributed by atoms with E-state index in [9.17, 15) is 5.11 Å². The number of phenolic OH excluding ortho intramolecular Hbond substituents is 1. The summed E-state index contributed by atoms with van der Waals surface area (Å²) in [5, 5.41) is 11.8. The van der Waals surface area contributed by atoms with Crippen LogP contribution in [0.2, 0.25) is 0 Å². The average molecular weight is 795 g/mol. The fraction of sp³-hybridized carbons (Fsp3) is 0.250. The van der Waals surface area contributed by atoms with Crippen LogP contribution in [-0.4, -0.2) is 19.6 Å². The molecule has 60 heavy (non-hydrogen) atoms. The van der Waals surface area contributed by atoms with Crippen molar-refractivity contribution in [3.8, 4) is 67.5 Å². The van der Waals surface area contributed by atoms with Gasteiger partial charge in [0.1, 0.15) is 11.6 Å². The minimum atomic E-state index is -2.57. The van der Waals surface area contributed by atoms with Gasteiger partial charge in [0.25, 0.3) is 0 Å². The normalized spacial score (nSPS) is 14.3. The number of imidazole rings is 1. The SMILES string of the molecule is [2H]C([2H])([2H])c1ccc(-c2ccnc(-c3cc(-c4cccc5c4nc(-c4cc(C)cc(C)c4O)n5-c4ccc(-c5c(C(C)C)cccc5C([2H])(C)C)cc4C([2H])([2H])[2H])cc(C(C)(C)C)c3)c2)cc1. The quantitative estimate of drug-likeness (QED) is 0.167. The van der Waals surface area contributed by atoms with Crippen molar-refractivity contribution in [1.29, 1.82) is 0 Å². The molecule has 8 aromatic rings. The first kappa shape index (κ1) is 32.6. The van der Waals surface area contributed by atoms with E-state index in [1.54, 1.807) is 24.4 Å². The lowest BCUT2D eigenvalue weighted by atomic mass is 9.83. The Morgan fingerprint density at radius 3 is 2.10 bits per heavy atom. The molecular formula is C56H57N3O. The predicted octanol–water partition coefficient (Wildman–Crippen LogP) is 15.2. The summed E-state index contributed by atoms with van der Waals surface area (Å²) in [6.45, 7) is 13.4. The monoisotopic (exact) mass is 794 g/mol. The van der Waals surface area contributed by atoms with Crippen LogP contribution in [-0.2, 0) is 5.41 Å². The number of benzene rings is 6. The highest BCUT2D eigenvalue weighted by Crippen LogP contribution is 2.43. The number of aromatic nitrogens is 3. The minimum absolute atomic E-state index is 0.0555. The molecular weight excluding hydrogens is 731 g/mol. The molecule has 4 nitrogen and oxygen atoms in total. The number of nitrogens with zero attached hydrogens (tertiary/aromatic N) is 3. The lowest BCUT2D eigenvalue weighted by molar-refractivity contribution is 0.472. The zero-order valence-electron chi connectivity index (χ0n) is 43.0. The molecule has 0 atom stereocenters. The number of hydrogen-bond donors (Lipinski definition) is 1. The van der Waals surface area contributed by atoms with Crippen LogP contribution in [0.5, 0.6) is 5.75 Å². The number of phenols is 1. The first-order chi connectivity index (χ1) is 31.3. The average Bonchev–Trinajstić information content (AvgIpc) is 3.65. The second-order valence-electron chi connectivity index (χ2n) is 17.6. The summed E-state index contributed by atoms with van der Waals surface area (Å²) in [4.78, 5) is 10.2. The van der Waals surface area contributed by atoms with Crippen LogP contribution < -0.4 is 0 Å². The first-order valence-electron chi connectivity index (χ1n) is 24.2. The molecule has 0 unspecified atom stereocenters. The van der Waals surface area contributed by atoms with Gasteiger partial charge in [0.15, 0.2) is 0 Å². The second-order valence-corrected chi connectivity index (χ2v) is 17.6. The van der Waals surface area contributed by atoms with Gasteiger partial charge in [-0.05, 0) is 155 Å². The Labute approximate surface area is 366 Å². The zero-order valence-corrected chi connectivity index (χ0v) is 36.0. The lowest BCUT2D eigenvalue weighted by Gasteiger charge is -2.22. The van der Waals surface area contributed by atoms with Crippen molar-refractivity contribution >= 4 is 11.0 Å². The molecule has 0 saturated carbocycles. The highest BCUT2D eigenvalue weighted by atomic mass is 16.3. The van der Waals surface area contributed by atoms with Crippen LogP contribution >= 0.6 is 0 Å². The van der Waals surface area contributed by atoms with Gasteiger partial charge in [-0.25, -0.2) is 4.98 Å². The van der Waals surface area contributed by atoms with Crippen LogP contribution in [0.4, 0.5) is 0 Å². The van der Waals surface area contributed by atoms with Gasteiger partial charge in [-0.2, -0.15) is 0 Å². The summed E-state index contributed by atoms with van der Waals surface area (Å²) in [7, 11) is 0. The standard InChI is InChI=1S/C56H57N3O/c1-33(2)45-14-12-15-46(34(3)4)52(45)41-22-23-50(37(7)28-41)59-51-17-13-16-47(53(51)58-55(59)48-27-36(6)26-38(8)54(48)60)42-29-43(31-44(30-42)56(9,10)11)49-32-40(24-25-57-49)39-20-18-35(5)19-21-39/h12-34,60H,1-11H3/i5D3,7D3,33D. The van der Waals surface area contributed by atoms with Gasteiger partial charge >= 0.3 is 0 Å². The molecule has 0 aliphatic rings. The number of aromatic hydroxyl groups is 1. The van der Waals surface area contributed by atoms with E-state index in [1.165, 1.54) is 0 Å². The molecule has 8 rings (SSSR count). The molecule has 1 N–H and O–H groups in total. The minimum Gasteiger partial charge on any atom is -0.507 e. The van der Waals surface area contributed by atoms with Crippen LogP contribution in [0.1, 0.15) is 109 Å². The molecule has 0 radical (unpaired) electrons. The molecule has 0 bridgehead atoms. The van der Waals surface area contributed by atoms with Crippen LogP contribution in [0.25, 0.3) is 72.7 Å². The smallest absolute Gasteiger partial charge is 0.149 e. The fourth-order valence-electron chi connectivity index (χ4n) is 8.36. The predicted molar refractivity (Wildman–Crippen MR) is 254 cm³/mol. The molecule has 0 aliphatic heterocycles. The molecule has 2 heterocycles. The van der Waals surface area contributed by atoms with Gasteiger partial charge in [0, 0.05) is 26.9 Å². The Hall–Kier alpha value is -6.26. The van der Waals surface area contributed by atoms with Crippen LogP contribution in [0.3, 0.4) is 0 Å². The first-order valence-corrected chi connectivity index (χ1v) is 20.7. The highest BCUT2D eigenvalue weighted by Gasteiger charge is 2.24. The molecule has 0 amide bonds.